The molecule has 3 heterocycles. The number of allylic oxidation sites excluding steroid dienone is 2. The minimum absolute atomic E-state index is 0.0344. The van der Waals surface area contributed by atoms with Crippen LogP contribution in [0.4, 0.5) is 0 Å². The van der Waals surface area contributed by atoms with Gasteiger partial charge in [-0.3, -0.25) is 9.59 Å². The van der Waals surface area contributed by atoms with E-state index in [9.17, 15) is 55.5 Å². The van der Waals surface area contributed by atoms with E-state index >= 15 is 4.79 Å². The Morgan fingerprint density at radius 2 is 1.37 bits per heavy atom. The summed E-state index contributed by atoms with van der Waals surface area (Å²) in [5, 5.41) is 104. The lowest BCUT2D eigenvalue weighted by atomic mass is 9.33. The molecule has 3 aliphatic heterocycles. The van der Waals surface area contributed by atoms with Crippen molar-refractivity contribution in [1.29, 1.82) is 0 Å². The molecule has 0 aromatic heterocycles. The Morgan fingerprint density at radius 3 is 2.04 bits per heavy atom. The van der Waals surface area contributed by atoms with Crippen LogP contribution in [0, 0.1) is 50.2 Å². The molecule has 4 saturated carbocycles. The zero-order chi connectivity index (χ0) is 56.9. The lowest BCUT2D eigenvalue weighted by molar-refractivity contribution is -0.370. The summed E-state index contributed by atoms with van der Waals surface area (Å²) in [4.78, 5) is 42.1. The van der Waals surface area contributed by atoms with Crippen LogP contribution in [0.2, 0.25) is 0 Å². The largest absolute Gasteiger partial charge is 0.432 e. The van der Waals surface area contributed by atoms with Crippen molar-refractivity contribution < 1.29 is 88.8 Å². The number of nitrogens with one attached hydrogen (secondary N) is 1. The molecule has 10 N–H and O–H groups in total. The number of aliphatic hydroxyl groups excluding tert-OH is 9. The van der Waals surface area contributed by atoms with Gasteiger partial charge in [-0.25, -0.2) is 0 Å². The number of hydrogen-bond donors (Lipinski definition) is 10. The van der Waals surface area contributed by atoms with E-state index in [4.69, 9.17) is 28.4 Å². The van der Waals surface area contributed by atoms with Crippen LogP contribution in [-0.2, 0) is 42.8 Å². The number of hydrogen-bond acceptors (Lipinski definition) is 18. The molecule has 78 heavy (non-hydrogen) atoms. The highest BCUT2D eigenvalue weighted by Gasteiger charge is 2.72. The Balaban J connectivity index is 1.06. The fourth-order valence-corrected chi connectivity index (χ4v) is 16.7. The van der Waals surface area contributed by atoms with Gasteiger partial charge in [0.25, 0.3) is 0 Å². The van der Waals surface area contributed by atoms with Crippen molar-refractivity contribution in [3.8, 4) is 0 Å². The molecule has 1 amide bonds. The molecule has 19 heteroatoms. The summed E-state index contributed by atoms with van der Waals surface area (Å²) in [6.45, 7) is 15.6. The third kappa shape index (κ3) is 11.1. The fourth-order valence-electron chi connectivity index (χ4n) is 16.7. The van der Waals surface area contributed by atoms with Crippen LogP contribution < -0.4 is 5.32 Å². The van der Waals surface area contributed by atoms with Crippen molar-refractivity contribution in [2.75, 3.05) is 13.2 Å². The molecule has 0 spiro atoms. The summed E-state index contributed by atoms with van der Waals surface area (Å²) in [6.07, 6.45) is -5.05. The molecule has 7 fully saturated rings. The SMILES string of the molecule is CCCCCCCCCCCC(=O)N[C@H]1C(CO)O[C@@H](OC(=O)[C@]23CCC(C)(C)CC2C2=CCC4C5(C)CC[C@H](O)[C@](C)(C=O)[C@@H]5CC[C@]4(C)[C@]2(C)C[C@H]3O)C(O[C@@H]2OC(C)[C@H](O[C@@H]3OC[C@@H](O)C(O)C3O)C(O)C2O)C1O. The maximum absolute atomic E-state index is 15.7. The van der Waals surface area contributed by atoms with Crippen LogP contribution in [0.3, 0.4) is 0 Å². The van der Waals surface area contributed by atoms with Crippen LogP contribution in [-0.4, -0.2) is 175 Å². The number of amides is 1. The molecule has 24 atom stereocenters. The number of carbonyl (C=O) groups excluding carboxylic acids is 3. The number of carbonyl (C=O) groups is 3. The Bertz CT molecular complexity index is 2110. The lowest BCUT2D eigenvalue weighted by Gasteiger charge is -2.71. The number of rotatable bonds is 19. The van der Waals surface area contributed by atoms with E-state index in [0.29, 0.717) is 32.1 Å². The summed E-state index contributed by atoms with van der Waals surface area (Å²) >= 11 is 0. The van der Waals surface area contributed by atoms with Crippen molar-refractivity contribution in [3.63, 3.8) is 0 Å². The number of unbranched alkanes of at least 4 members (excludes halogenated alkanes) is 8. The number of aldehydes is 1. The van der Waals surface area contributed by atoms with Crippen molar-refractivity contribution in [2.24, 2.45) is 50.2 Å². The van der Waals surface area contributed by atoms with E-state index in [1.54, 1.807) is 0 Å². The van der Waals surface area contributed by atoms with Gasteiger partial charge >= 0.3 is 5.97 Å². The third-order valence-electron chi connectivity index (χ3n) is 21.7. The van der Waals surface area contributed by atoms with Crippen molar-refractivity contribution >= 4 is 18.2 Å². The van der Waals surface area contributed by atoms with Gasteiger partial charge < -0.3 is 84.5 Å². The predicted octanol–water partition coefficient (Wildman–Crippen LogP) is 4.00. The van der Waals surface area contributed by atoms with Gasteiger partial charge in [0.15, 0.2) is 18.7 Å². The summed E-state index contributed by atoms with van der Waals surface area (Å²) in [7, 11) is 0. The maximum Gasteiger partial charge on any atom is 0.317 e. The Kier molecular flexibility index (Phi) is 19.2. The molecule has 0 bridgehead atoms. The van der Waals surface area contributed by atoms with Gasteiger partial charge in [0.2, 0.25) is 12.2 Å². The van der Waals surface area contributed by atoms with Gasteiger partial charge in [-0.15, -0.1) is 0 Å². The molecule has 3 saturated heterocycles. The molecule has 8 aliphatic rings. The van der Waals surface area contributed by atoms with Gasteiger partial charge in [-0.2, -0.15) is 0 Å². The number of fused-ring (bicyclic) bond motifs is 7. The second-order valence-corrected chi connectivity index (χ2v) is 26.9. The van der Waals surface area contributed by atoms with Crippen molar-refractivity contribution in [1.82, 2.24) is 5.32 Å². The number of esters is 1. The topological polar surface area (TPSA) is 301 Å². The maximum atomic E-state index is 15.7. The standard InChI is InChI=1S/C59H97NO18/c1-9-10-11-12-13-14-15-16-17-18-41(66)60-42-36(29-61)75-52(49(44(42)68)77-51-47(71)45(69)48(32(2)74-51)76-50-46(70)43(67)35(63)30-73-50)78-53(72)59-26-25-54(3,4)27-34(59)33-19-20-38-55(5)23-22-39(64)56(6,31-62)37(55)21-24-57(38,7)58(33,8)28-40(59)65/h19,31-32,34-40,42-52,61,63-65,67-71H,9-18,20-30H2,1-8H3,(H,60,66)/t32?,34?,35-,36?,37-,38?,39+,40-,42+,43?,44?,45?,46?,47?,48+,49?,50+,51+,52+,55?,56-,57+,58-,59-/m1/s1. The highest BCUT2D eigenvalue weighted by atomic mass is 16.8. The molecule has 8 rings (SSSR count). The Labute approximate surface area is 461 Å². The molecule has 19 nitrogen and oxygen atoms in total. The average Bonchev–Trinajstić information content (AvgIpc) is 3.23. The van der Waals surface area contributed by atoms with Gasteiger partial charge in [0.05, 0.1) is 43.0 Å². The quantitative estimate of drug-likeness (QED) is 0.0378. The Hall–Kier alpha value is -2.21. The second kappa shape index (κ2) is 24.2. The van der Waals surface area contributed by atoms with E-state index < -0.39 is 139 Å². The summed E-state index contributed by atoms with van der Waals surface area (Å²) in [5.41, 5.74) is -2.78. The molecule has 0 aromatic carbocycles. The predicted molar refractivity (Wildman–Crippen MR) is 282 cm³/mol. The highest BCUT2D eigenvalue weighted by Crippen LogP contribution is 2.76. The Morgan fingerprint density at radius 1 is 0.718 bits per heavy atom. The van der Waals surface area contributed by atoms with Crippen LogP contribution in [0.25, 0.3) is 0 Å². The summed E-state index contributed by atoms with van der Waals surface area (Å²) in [6, 6.07) is -1.32. The molecular weight excluding hydrogens is 1010 g/mol. The zero-order valence-corrected chi connectivity index (χ0v) is 47.7. The molecule has 0 radical (unpaired) electrons. The second-order valence-electron chi connectivity index (χ2n) is 26.9. The third-order valence-corrected chi connectivity index (χ3v) is 21.7. The molecule has 11 unspecified atom stereocenters. The molecule has 0 aromatic rings. The van der Waals surface area contributed by atoms with Crippen LogP contribution in [0.15, 0.2) is 11.6 Å². The van der Waals surface area contributed by atoms with E-state index in [1.165, 1.54) is 32.6 Å². The van der Waals surface area contributed by atoms with E-state index in [-0.39, 0.29) is 54.0 Å². The van der Waals surface area contributed by atoms with E-state index in [2.05, 4.69) is 52.9 Å². The summed E-state index contributed by atoms with van der Waals surface area (Å²) < 4.78 is 36.5. The minimum Gasteiger partial charge on any atom is -0.432 e. The van der Waals surface area contributed by atoms with Crippen LogP contribution >= 0.6 is 0 Å². The van der Waals surface area contributed by atoms with Crippen molar-refractivity contribution in [3.05, 3.63) is 11.6 Å². The lowest BCUT2D eigenvalue weighted by Crippen LogP contribution is -2.69. The van der Waals surface area contributed by atoms with E-state index in [1.807, 2.05) is 6.92 Å². The average molecular weight is 1110 g/mol. The molecule has 446 valence electrons. The zero-order valence-electron chi connectivity index (χ0n) is 47.7. The smallest absolute Gasteiger partial charge is 0.317 e. The first-order valence-corrected chi connectivity index (χ1v) is 29.7. The van der Waals surface area contributed by atoms with Gasteiger partial charge in [0, 0.05) is 6.42 Å². The van der Waals surface area contributed by atoms with Crippen molar-refractivity contribution in [2.45, 2.75) is 276 Å². The first kappa shape index (κ1) is 61.9. The first-order valence-electron chi connectivity index (χ1n) is 29.7. The molecular formula is C59H97NO18. The minimum atomic E-state index is -1.92. The molecule has 5 aliphatic carbocycles. The summed E-state index contributed by atoms with van der Waals surface area (Å²) in [5.74, 6) is -1.64. The van der Waals surface area contributed by atoms with Gasteiger partial charge in [-0.1, -0.05) is 111 Å². The first-order chi connectivity index (χ1) is 36.8. The van der Waals surface area contributed by atoms with Gasteiger partial charge in [0.1, 0.15) is 60.5 Å². The monoisotopic (exact) mass is 1110 g/mol. The highest BCUT2D eigenvalue weighted by molar-refractivity contribution is 5.80. The van der Waals surface area contributed by atoms with Crippen LogP contribution in [0.5, 0.6) is 0 Å². The number of ether oxygens (including phenoxy) is 6. The van der Waals surface area contributed by atoms with Crippen LogP contribution in [0.1, 0.15) is 177 Å². The normalized spacial score (nSPS) is 48.0. The number of aliphatic hydroxyl groups is 9. The van der Waals surface area contributed by atoms with Gasteiger partial charge in [-0.05, 0) is 111 Å². The fraction of sp³-hybridized carbons (Fsp3) is 0.915. The van der Waals surface area contributed by atoms with E-state index in [0.717, 1.165) is 56.8 Å².